The number of anilines is 1. The van der Waals surface area contributed by atoms with Crippen LogP contribution in [0, 0.1) is 0 Å². The molecular formula is C26H29ClN2O5. The number of carbonyl (C=O) groups is 3. The highest BCUT2D eigenvalue weighted by Crippen LogP contribution is 2.30. The summed E-state index contributed by atoms with van der Waals surface area (Å²) in [4.78, 5) is 38.6. The quantitative estimate of drug-likeness (QED) is 0.249. The van der Waals surface area contributed by atoms with Crippen LogP contribution in [0.3, 0.4) is 0 Å². The molecule has 0 aliphatic carbocycles. The maximum Gasteiger partial charge on any atom is 0.335 e. The number of benzene rings is 2. The summed E-state index contributed by atoms with van der Waals surface area (Å²) < 4.78 is 11.3. The second-order valence-electron chi connectivity index (χ2n) is 7.96. The number of halogens is 1. The van der Waals surface area contributed by atoms with Crippen molar-refractivity contribution in [3.05, 3.63) is 58.6 Å². The maximum absolute atomic E-state index is 13.0. The number of urea groups is 1. The molecule has 7 nitrogen and oxygen atoms in total. The van der Waals surface area contributed by atoms with E-state index in [9.17, 15) is 14.4 Å². The Kier molecular flexibility index (Phi) is 9.10. The van der Waals surface area contributed by atoms with Crippen LogP contribution >= 0.6 is 11.6 Å². The Morgan fingerprint density at radius 2 is 1.65 bits per heavy atom. The van der Waals surface area contributed by atoms with Gasteiger partial charge in [0.25, 0.3) is 11.8 Å². The lowest BCUT2D eigenvalue weighted by Gasteiger charge is -2.26. The van der Waals surface area contributed by atoms with E-state index in [1.165, 1.54) is 51.0 Å². The molecule has 34 heavy (non-hydrogen) atoms. The number of hydrogen-bond donors (Lipinski definition) is 1. The Bertz CT molecular complexity index is 1070. The van der Waals surface area contributed by atoms with Gasteiger partial charge < -0.3 is 9.47 Å². The number of nitrogens with one attached hydrogen (secondary N) is 1. The minimum Gasteiger partial charge on any atom is -0.493 e. The molecule has 0 spiro atoms. The first-order valence-electron chi connectivity index (χ1n) is 11.4. The summed E-state index contributed by atoms with van der Waals surface area (Å²) in [5, 5.41) is 2.67. The molecule has 1 fully saturated rings. The summed E-state index contributed by atoms with van der Waals surface area (Å²) in [7, 11) is 1.53. The number of carbonyl (C=O) groups excluding carboxylic acids is 3. The summed E-state index contributed by atoms with van der Waals surface area (Å²) in [5.41, 5.74) is 0.700. The third-order valence-electron chi connectivity index (χ3n) is 5.44. The number of nitrogens with zero attached hydrogens (tertiary/aromatic N) is 1. The molecule has 2 aromatic rings. The van der Waals surface area contributed by atoms with E-state index in [2.05, 4.69) is 12.2 Å². The molecule has 4 amide bonds. The Hall–Kier alpha value is -3.32. The predicted molar refractivity (Wildman–Crippen MR) is 132 cm³/mol. The first-order valence-corrected chi connectivity index (χ1v) is 11.8. The van der Waals surface area contributed by atoms with Gasteiger partial charge in [0.15, 0.2) is 11.5 Å². The topological polar surface area (TPSA) is 84.9 Å². The normalized spacial score (nSPS) is 15.0. The van der Waals surface area contributed by atoms with Crippen molar-refractivity contribution in [2.24, 2.45) is 0 Å². The molecule has 2 aromatic carbocycles. The van der Waals surface area contributed by atoms with Gasteiger partial charge in [0.2, 0.25) is 0 Å². The number of barbiturate groups is 1. The first kappa shape index (κ1) is 25.3. The SMILES string of the molecule is CCCCCCCCOc1ccc(/C=C2/C(=O)NC(=O)N(c3ccc(Cl)cc3)C2=O)cc1OC. The highest BCUT2D eigenvalue weighted by Gasteiger charge is 2.36. The van der Waals surface area contributed by atoms with E-state index in [0.29, 0.717) is 34.4 Å². The lowest BCUT2D eigenvalue weighted by Crippen LogP contribution is -2.54. The van der Waals surface area contributed by atoms with Crippen molar-refractivity contribution in [2.75, 3.05) is 18.6 Å². The molecule has 0 saturated carbocycles. The zero-order valence-electron chi connectivity index (χ0n) is 19.4. The van der Waals surface area contributed by atoms with Crippen LogP contribution in [0.4, 0.5) is 10.5 Å². The molecule has 1 aliphatic rings. The van der Waals surface area contributed by atoms with Crippen LogP contribution in [0.1, 0.15) is 51.0 Å². The fraction of sp³-hybridized carbons (Fsp3) is 0.346. The number of rotatable bonds is 11. The number of hydrogen-bond acceptors (Lipinski definition) is 5. The fourth-order valence-electron chi connectivity index (χ4n) is 3.61. The lowest BCUT2D eigenvalue weighted by molar-refractivity contribution is -0.122. The van der Waals surface area contributed by atoms with E-state index in [-0.39, 0.29) is 5.57 Å². The molecule has 0 aromatic heterocycles. The van der Waals surface area contributed by atoms with Crippen molar-refractivity contribution in [1.82, 2.24) is 5.32 Å². The molecule has 180 valence electrons. The minimum absolute atomic E-state index is 0.169. The van der Waals surface area contributed by atoms with Crippen molar-refractivity contribution in [3.8, 4) is 11.5 Å². The number of ether oxygens (including phenoxy) is 2. The predicted octanol–water partition coefficient (Wildman–Crippen LogP) is 5.75. The molecule has 1 heterocycles. The largest absolute Gasteiger partial charge is 0.493 e. The van der Waals surface area contributed by atoms with Gasteiger partial charge in [-0.15, -0.1) is 0 Å². The average molecular weight is 485 g/mol. The van der Waals surface area contributed by atoms with Gasteiger partial charge >= 0.3 is 6.03 Å². The second kappa shape index (κ2) is 12.2. The zero-order valence-corrected chi connectivity index (χ0v) is 20.2. The molecule has 3 rings (SSSR count). The number of amides is 4. The van der Waals surface area contributed by atoms with Gasteiger partial charge in [-0.1, -0.05) is 56.7 Å². The summed E-state index contributed by atoms with van der Waals surface area (Å²) in [6.07, 6.45) is 8.43. The third-order valence-corrected chi connectivity index (χ3v) is 5.69. The van der Waals surface area contributed by atoms with Gasteiger partial charge in [0, 0.05) is 5.02 Å². The second-order valence-corrected chi connectivity index (χ2v) is 8.40. The Balaban J connectivity index is 1.73. The first-order chi connectivity index (χ1) is 16.4. The van der Waals surface area contributed by atoms with E-state index in [0.717, 1.165) is 17.7 Å². The lowest BCUT2D eigenvalue weighted by atomic mass is 10.1. The highest BCUT2D eigenvalue weighted by molar-refractivity contribution is 6.39. The average Bonchev–Trinajstić information content (AvgIpc) is 2.82. The Morgan fingerprint density at radius 3 is 2.35 bits per heavy atom. The number of methoxy groups -OCH3 is 1. The van der Waals surface area contributed by atoms with Crippen molar-refractivity contribution in [2.45, 2.75) is 45.4 Å². The summed E-state index contributed by atoms with van der Waals surface area (Å²) in [6, 6.07) is 10.5. The summed E-state index contributed by atoms with van der Waals surface area (Å²) in [6.45, 7) is 2.78. The van der Waals surface area contributed by atoms with Crippen LogP contribution in [0.2, 0.25) is 5.02 Å². The summed E-state index contributed by atoms with van der Waals surface area (Å²) >= 11 is 5.90. The van der Waals surface area contributed by atoms with E-state index < -0.39 is 17.8 Å². The Morgan fingerprint density at radius 1 is 0.941 bits per heavy atom. The van der Waals surface area contributed by atoms with Crippen LogP contribution < -0.4 is 19.7 Å². The number of unbranched alkanes of at least 4 members (excludes halogenated alkanes) is 5. The van der Waals surface area contributed by atoms with Crippen molar-refractivity contribution < 1.29 is 23.9 Å². The molecule has 0 radical (unpaired) electrons. The monoisotopic (exact) mass is 484 g/mol. The van der Waals surface area contributed by atoms with E-state index >= 15 is 0 Å². The van der Waals surface area contributed by atoms with E-state index in [1.54, 1.807) is 30.3 Å². The van der Waals surface area contributed by atoms with Crippen LogP contribution in [-0.2, 0) is 9.59 Å². The van der Waals surface area contributed by atoms with Crippen molar-refractivity contribution in [1.29, 1.82) is 0 Å². The van der Waals surface area contributed by atoms with Gasteiger partial charge in [-0.05, 0) is 54.5 Å². The molecule has 0 atom stereocenters. The van der Waals surface area contributed by atoms with Gasteiger partial charge in [0.05, 0.1) is 19.4 Å². The van der Waals surface area contributed by atoms with Crippen molar-refractivity contribution in [3.63, 3.8) is 0 Å². The highest BCUT2D eigenvalue weighted by atomic mass is 35.5. The van der Waals surface area contributed by atoms with Crippen LogP contribution in [0.25, 0.3) is 6.08 Å². The molecular weight excluding hydrogens is 456 g/mol. The van der Waals surface area contributed by atoms with E-state index in [1.807, 2.05) is 0 Å². The summed E-state index contributed by atoms with van der Waals surface area (Å²) in [5.74, 6) is -0.397. The van der Waals surface area contributed by atoms with Gasteiger partial charge in [-0.3, -0.25) is 14.9 Å². The maximum atomic E-state index is 13.0. The number of imide groups is 2. The molecule has 1 saturated heterocycles. The minimum atomic E-state index is -0.814. The van der Waals surface area contributed by atoms with Crippen molar-refractivity contribution >= 4 is 41.2 Å². The fourth-order valence-corrected chi connectivity index (χ4v) is 3.73. The molecule has 0 unspecified atom stereocenters. The molecule has 1 aliphatic heterocycles. The third kappa shape index (κ3) is 6.38. The zero-order chi connectivity index (χ0) is 24.5. The molecule has 8 heteroatoms. The van der Waals surface area contributed by atoms with Crippen LogP contribution in [0.5, 0.6) is 11.5 Å². The van der Waals surface area contributed by atoms with Crippen LogP contribution in [0.15, 0.2) is 48.0 Å². The van der Waals surface area contributed by atoms with Gasteiger partial charge in [-0.25, -0.2) is 9.69 Å². The van der Waals surface area contributed by atoms with Gasteiger partial charge in [-0.2, -0.15) is 0 Å². The van der Waals surface area contributed by atoms with Crippen LogP contribution in [-0.4, -0.2) is 31.6 Å². The Labute approximate surface area is 204 Å². The van der Waals surface area contributed by atoms with E-state index in [4.69, 9.17) is 21.1 Å². The molecule has 0 bridgehead atoms. The standard InChI is InChI=1S/C26H29ClN2O5/c1-3-4-5-6-7-8-15-34-22-14-9-18(17-23(22)33-2)16-21-24(30)28-26(32)29(25(21)31)20-12-10-19(27)11-13-20/h9-14,16-17H,3-8,15H2,1-2H3,(H,28,30,32)/b21-16-. The van der Waals surface area contributed by atoms with Gasteiger partial charge in [0.1, 0.15) is 5.57 Å². The smallest absolute Gasteiger partial charge is 0.335 e. The molecule has 1 N–H and O–H groups in total.